The van der Waals surface area contributed by atoms with Gasteiger partial charge >= 0.3 is 0 Å². The van der Waals surface area contributed by atoms with Crippen LogP contribution in [0.1, 0.15) is 43.9 Å². The molecule has 1 heterocycles. The zero-order valence-corrected chi connectivity index (χ0v) is 10.4. The fraction of sp³-hybridized carbons (Fsp3) is 0.692. The molecule has 1 aromatic rings. The second-order valence-corrected chi connectivity index (χ2v) is 4.62. The molecule has 1 unspecified atom stereocenters. The predicted octanol–water partition coefficient (Wildman–Crippen LogP) is 1.93. The molecule has 0 fully saturated rings. The van der Waals surface area contributed by atoms with Crippen LogP contribution in [0.2, 0.25) is 0 Å². The topological polar surface area (TPSA) is 58.0 Å². The number of aliphatic hydroxyl groups excluding tert-OH is 1. The lowest BCUT2D eigenvalue weighted by Crippen LogP contribution is -2.23. The second kappa shape index (κ2) is 5.96. The lowest BCUT2D eigenvalue weighted by Gasteiger charge is -2.22. The largest absolute Gasteiger partial charge is 0.396 e. The molecule has 0 saturated heterocycles. The van der Waals surface area contributed by atoms with E-state index in [4.69, 9.17) is 5.11 Å². The van der Waals surface area contributed by atoms with Crippen molar-refractivity contribution in [3.63, 3.8) is 0 Å². The highest BCUT2D eigenvalue weighted by Crippen LogP contribution is 2.25. The maximum Gasteiger partial charge on any atom is 0.133 e. The number of aryl methyl sites for hydroxylation is 1. The van der Waals surface area contributed by atoms with Crippen LogP contribution < -0.4 is 5.32 Å². The standard InChI is InChI=1S/C13H21N3O/c1-2-10(7-8-17)16-13-11-5-3-4-6-12(11)14-9-15-13/h9-10,17H,2-8H2,1H3,(H,14,15,16). The molecule has 2 rings (SSSR count). The number of rotatable bonds is 5. The zero-order valence-electron chi connectivity index (χ0n) is 10.4. The number of aliphatic hydroxyl groups is 1. The first-order valence-corrected chi connectivity index (χ1v) is 6.55. The summed E-state index contributed by atoms with van der Waals surface area (Å²) in [7, 11) is 0. The molecule has 4 heteroatoms. The van der Waals surface area contributed by atoms with Crippen molar-refractivity contribution < 1.29 is 5.11 Å². The zero-order chi connectivity index (χ0) is 12.1. The van der Waals surface area contributed by atoms with Crippen molar-refractivity contribution in [3.05, 3.63) is 17.6 Å². The van der Waals surface area contributed by atoms with Gasteiger partial charge in [-0.1, -0.05) is 6.92 Å². The lowest BCUT2D eigenvalue weighted by atomic mass is 9.96. The van der Waals surface area contributed by atoms with E-state index in [2.05, 4.69) is 22.2 Å². The number of aromatic nitrogens is 2. The van der Waals surface area contributed by atoms with Crippen LogP contribution in [0.25, 0.3) is 0 Å². The molecule has 0 radical (unpaired) electrons. The smallest absolute Gasteiger partial charge is 0.133 e. The molecule has 0 aromatic carbocycles. The third kappa shape index (κ3) is 2.94. The highest BCUT2D eigenvalue weighted by Gasteiger charge is 2.17. The molecule has 0 bridgehead atoms. The molecular formula is C13H21N3O. The molecule has 4 nitrogen and oxygen atoms in total. The molecular weight excluding hydrogens is 214 g/mol. The number of anilines is 1. The molecule has 0 saturated carbocycles. The lowest BCUT2D eigenvalue weighted by molar-refractivity contribution is 0.278. The van der Waals surface area contributed by atoms with Gasteiger partial charge in [-0.05, 0) is 38.5 Å². The van der Waals surface area contributed by atoms with E-state index in [0.29, 0.717) is 6.04 Å². The summed E-state index contributed by atoms with van der Waals surface area (Å²) in [5, 5.41) is 12.5. The minimum absolute atomic E-state index is 0.221. The van der Waals surface area contributed by atoms with Crippen molar-refractivity contribution in [1.29, 1.82) is 0 Å². The van der Waals surface area contributed by atoms with Gasteiger partial charge in [-0.2, -0.15) is 0 Å². The Morgan fingerprint density at radius 3 is 2.94 bits per heavy atom. The molecule has 1 aliphatic carbocycles. The molecule has 0 amide bonds. The summed E-state index contributed by atoms with van der Waals surface area (Å²) in [4.78, 5) is 8.72. The van der Waals surface area contributed by atoms with Gasteiger partial charge in [0.1, 0.15) is 12.1 Å². The minimum Gasteiger partial charge on any atom is -0.396 e. The summed E-state index contributed by atoms with van der Waals surface area (Å²) >= 11 is 0. The highest BCUT2D eigenvalue weighted by molar-refractivity contribution is 5.47. The van der Waals surface area contributed by atoms with Crippen LogP contribution >= 0.6 is 0 Å². The van der Waals surface area contributed by atoms with Gasteiger partial charge in [0.25, 0.3) is 0 Å². The molecule has 1 atom stereocenters. The quantitative estimate of drug-likeness (QED) is 0.818. The Labute approximate surface area is 102 Å². The van der Waals surface area contributed by atoms with E-state index in [1.165, 1.54) is 24.1 Å². The normalized spacial score (nSPS) is 16.4. The Morgan fingerprint density at radius 1 is 1.35 bits per heavy atom. The summed E-state index contributed by atoms with van der Waals surface area (Å²) in [6.45, 7) is 2.35. The number of nitrogens with zero attached hydrogens (tertiary/aromatic N) is 2. The Kier molecular flexibility index (Phi) is 4.31. The van der Waals surface area contributed by atoms with Crippen LogP contribution in [-0.4, -0.2) is 27.7 Å². The van der Waals surface area contributed by atoms with Crippen molar-refractivity contribution in [2.45, 2.75) is 51.5 Å². The number of fused-ring (bicyclic) bond motifs is 1. The molecule has 0 aliphatic heterocycles. The van der Waals surface area contributed by atoms with E-state index in [1.54, 1.807) is 6.33 Å². The first kappa shape index (κ1) is 12.3. The van der Waals surface area contributed by atoms with Crippen molar-refractivity contribution >= 4 is 5.82 Å². The Bertz CT molecular complexity index is 368. The van der Waals surface area contributed by atoms with Crippen molar-refractivity contribution in [2.24, 2.45) is 0 Å². The van der Waals surface area contributed by atoms with Crippen LogP contribution in [0.15, 0.2) is 6.33 Å². The Hall–Kier alpha value is -1.16. The van der Waals surface area contributed by atoms with Gasteiger partial charge in [0.15, 0.2) is 0 Å². The fourth-order valence-corrected chi connectivity index (χ4v) is 2.37. The van der Waals surface area contributed by atoms with Gasteiger partial charge in [0.2, 0.25) is 0 Å². The van der Waals surface area contributed by atoms with Crippen LogP contribution in [0, 0.1) is 0 Å². The maximum atomic E-state index is 9.01. The van der Waals surface area contributed by atoms with E-state index >= 15 is 0 Å². The van der Waals surface area contributed by atoms with Crippen LogP contribution in [0.3, 0.4) is 0 Å². The molecule has 94 valence electrons. The number of hydrogen-bond acceptors (Lipinski definition) is 4. The molecule has 1 aliphatic rings. The second-order valence-electron chi connectivity index (χ2n) is 4.62. The fourth-order valence-electron chi connectivity index (χ4n) is 2.37. The van der Waals surface area contributed by atoms with Gasteiger partial charge in [0.05, 0.1) is 0 Å². The van der Waals surface area contributed by atoms with Crippen LogP contribution in [-0.2, 0) is 12.8 Å². The monoisotopic (exact) mass is 235 g/mol. The molecule has 2 N–H and O–H groups in total. The Morgan fingerprint density at radius 2 is 2.18 bits per heavy atom. The first-order valence-electron chi connectivity index (χ1n) is 6.55. The molecule has 0 spiro atoms. The van der Waals surface area contributed by atoms with E-state index < -0.39 is 0 Å². The van der Waals surface area contributed by atoms with Crippen molar-refractivity contribution in [3.8, 4) is 0 Å². The van der Waals surface area contributed by atoms with E-state index in [0.717, 1.165) is 31.5 Å². The average molecular weight is 235 g/mol. The Balaban J connectivity index is 2.14. The van der Waals surface area contributed by atoms with Gasteiger partial charge in [-0.3, -0.25) is 0 Å². The summed E-state index contributed by atoms with van der Waals surface area (Å²) in [5.41, 5.74) is 2.49. The van der Waals surface area contributed by atoms with Crippen molar-refractivity contribution in [2.75, 3.05) is 11.9 Å². The molecule has 1 aromatic heterocycles. The third-order valence-electron chi connectivity index (χ3n) is 3.44. The minimum atomic E-state index is 0.221. The highest BCUT2D eigenvalue weighted by atomic mass is 16.3. The number of nitrogens with one attached hydrogen (secondary N) is 1. The molecule has 17 heavy (non-hydrogen) atoms. The summed E-state index contributed by atoms with van der Waals surface area (Å²) in [6.07, 6.45) is 8.04. The summed E-state index contributed by atoms with van der Waals surface area (Å²) in [6, 6.07) is 0.306. The van der Waals surface area contributed by atoms with E-state index in [9.17, 15) is 0 Å². The SMILES string of the molecule is CCC(CCO)Nc1ncnc2c1CCCC2. The van der Waals surface area contributed by atoms with Crippen molar-refractivity contribution in [1.82, 2.24) is 9.97 Å². The predicted molar refractivity (Wildman–Crippen MR) is 68.1 cm³/mol. The summed E-state index contributed by atoms with van der Waals surface area (Å²) < 4.78 is 0. The summed E-state index contributed by atoms with van der Waals surface area (Å²) in [5.74, 6) is 0.981. The van der Waals surface area contributed by atoms with Crippen LogP contribution in [0.5, 0.6) is 0 Å². The average Bonchev–Trinajstić information content (AvgIpc) is 2.38. The third-order valence-corrected chi connectivity index (χ3v) is 3.44. The number of hydrogen-bond donors (Lipinski definition) is 2. The van der Waals surface area contributed by atoms with Gasteiger partial charge in [0, 0.05) is 23.9 Å². The van der Waals surface area contributed by atoms with E-state index in [-0.39, 0.29) is 6.61 Å². The van der Waals surface area contributed by atoms with E-state index in [1.807, 2.05) is 0 Å². The van der Waals surface area contributed by atoms with Gasteiger partial charge in [-0.25, -0.2) is 9.97 Å². The first-order chi connectivity index (χ1) is 8.35. The van der Waals surface area contributed by atoms with Crippen LogP contribution in [0.4, 0.5) is 5.82 Å². The maximum absolute atomic E-state index is 9.01. The van der Waals surface area contributed by atoms with Gasteiger partial charge in [-0.15, -0.1) is 0 Å². The van der Waals surface area contributed by atoms with Gasteiger partial charge < -0.3 is 10.4 Å².